The van der Waals surface area contributed by atoms with Gasteiger partial charge in [0, 0.05) is 47.0 Å². The lowest BCUT2D eigenvalue weighted by atomic mass is 10.2. The van der Waals surface area contributed by atoms with Crippen LogP contribution in [0.4, 0.5) is 0 Å². The van der Waals surface area contributed by atoms with E-state index in [1.165, 1.54) is 12.8 Å². The van der Waals surface area contributed by atoms with E-state index in [1.54, 1.807) is 7.05 Å². The molecule has 0 spiro atoms. The summed E-state index contributed by atoms with van der Waals surface area (Å²) >= 11 is 0. The van der Waals surface area contributed by atoms with Gasteiger partial charge in [0.1, 0.15) is 5.75 Å². The zero-order chi connectivity index (χ0) is 18.3. The third-order valence-corrected chi connectivity index (χ3v) is 6.02. The van der Waals surface area contributed by atoms with Gasteiger partial charge >= 0.3 is 0 Å². The van der Waals surface area contributed by atoms with Crippen LogP contribution in [0.1, 0.15) is 39.2 Å². The molecule has 6 heteroatoms. The van der Waals surface area contributed by atoms with E-state index >= 15 is 0 Å². The normalized spacial score (nSPS) is 16.4. The van der Waals surface area contributed by atoms with E-state index in [9.17, 15) is 4.21 Å². The molecule has 1 saturated carbocycles. The Balaban J connectivity index is 1.79. The van der Waals surface area contributed by atoms with E-state index in [4.69, 9.17) is 4.74 Å². The summed E-state index contributed by atoms with van der Waals surface area (Å²) in [5.74, 6) is 2.99. The predicted octanol–water partition coefficient (Wildman–Crippen LogP) is 2.69. The average molecular weight is 366 g/mol. The van der Waals surface area contributed by atoms with Gasteiger partial charge in [0.15, 0.2) is 5.96 Å². The van der Waals surface area contributed by atoms with Gasteiger partial charge in [-0.2, -0.15) is 0 Å². The van der Waals surface area contributed by atoms with Gasteiger partial charge in [0.2, 0.25) is 0 Å². The van der Waals surface area contributed by atoms with Gasteiger partial charge in [-0.3, -0.25) is 9.20 Å². The molecule has 1 unspecified atom stereocenters. The van der Waals surface area contributed by atoms with Crippen molar-refractivity contribution in [2.75, 3.05) is 26.0 Å². The summed E-state index contributed by atoms with van der Waals surface area (Å²) in [6.07, 6.45) is 2.57. The minimum Gasteiger partial charge on any atom is -0.493 e. The molecule has 0 heterocycles. The van der Waals surface area contributed by atoms with Gasteiger partial charge in [-0.25, -0.2) is 0 Å². The molecular weight excluding hydrogens is 334 g/mol. The molecule has 0 amide bonds. The van der Waals surface area contributed by atoms with Crippen LogP contribution in [0, 0.1) is 5.92 Å². The van der Waals surface area contributed by atoms with Crippen LogP contribution in [0.2, 0.25) is 0 Å². The smallest absolute Gasteiger partial charge is 0.191 e. The standard InChI is InChI=1S/C19H31N3O2S/c1-19(2,3)25(23)12-11-21-18(20-4)22-13-16-7-5-6-8-17(16)24-14-15-9-10-15/h5-8,15H,9-14H2,1-4H3,(H2,20,21,22). The SMILES string of the molecule is CN=C(NCCS(=O)C(C)(C)C)NCc1ccccc1OCC1CC1. The Morgan fingerprint density at radius 2 is 2.00 bits per heavy atom. The Bertz CT molecular complexity index is 607. The molecule has 2 N–H and O–H groups in total. The summed E-state index contributed by atoms with van der Waals surface area (Å²) in [5, 5.41) is 6.53. The molecule has 1 fully saturated rings. The van der Waals surface area contributed by atoms with Gasteiger partial charge in [-0.15, -0.1) is 0 Å². The van der Waals surface area contributed by atoms with Crippen molar-refractivity contribution < 1.29 is 8.95 Å². The number of ether oxygens (including phenoxy) is 1. The van der Waals surface area contributed by atoms with E-state index < -0.39 is 10.8 Å². The maximum Gasteiger partial charge on any atom is 0.191 e. The predicted molar refractivity (Wildman–Crippen MR) is 106 cm³/mol. The first-order chi connectivity index (χ1) is 11.9. The number of para-hydroxylation sites is 1. The first kappa shape index (κ1) is 19.8. The fourth-order valence-electron chi connectivity index (χ4n) is 2.25. The minimum atomic E-state index is -0.866. The fourth-order valence-corrected chi connectivity index (χ4v) is 3.15. The topological polar surface area (TPSA) is 62.7 Å². The number of hydrogen-bond acceptors (Lipinski definition) is 3. The van der Waals surface area contributed by atoms with Crippen molar-refractivity contribution in [2.45, 2.75) is 44.9 Å². The van der Waals surface area contributed by atoms with Crippen LogP contribution in [-0.4, -0.2) is 40.9 Å². The third kappa shape index (κ3) is 7.06. The molecule has 2 rings (SSSR count). The number of rotatable bonds is 8. The highest BCUT2D eigenvalue weighted by Crippen LogP contribution is 2.30. The molecule has 0 saturated heterocycles. The van der Waals surface area contributed by atoms with Crippen LogP contribution < -0.4 is 15.4 Å². The first-order valence-electron chi connectivity index (χ1n) is 8.94. The molecule has 1 aliphatic rings. The van der Waals surface area contributed by atoms with E-state index in [2.05, 4.69) is 21.7 Å². The van der Waals surface area contributed by atoms with E-state index in [0.717, 1.165) is 23.8 Å². The Hall–Kier alpha value is -1.56. The monoisotopic (exact) mass is 365 g/mol. The van der Waals surface area contributed by atoms with Crippen molar-refractivity contribution in [1.82, 2.24) is 10.6 Å². The summed E-state index contributed by atoms with van der Waals surface area (Å²) in [5.41, 5.74) is 1.12. The quantitative estimate of drug-likeness (QED) is 0.549. The highest BCUT2D eigenvalue weighted by atomic mass is 32.2. The molecule has 1 aliphatic carbocycles. The second kappa shape index (κ2) is 9.22. The van der Waals surface area contributed by atoms with Gasteiger partial charge in [-0.1, -0.05) is 18.2 Å². The lowest BCUT2D eigenvalue weighted by molar-refractivity contribution is 0.296. The molecule has 140 valence electrons. The van der Waals surface area contributed by atoms with Crippen LogP contribution >= 0.6 is 0 Å². The first-order valence-corrected chi connectivity index (χ1v) is 10.3. The van der Waals surface area contributed by atoms with Crippen LogP contribution in [0.15, 0.2) is 29.3 Å². The fraction of sp³-hybridized carbons (Fsp3) is 0.632. The van der Waals surface area contributed by atoms with E-state index in [1.807, 2.05) is 39.0 Å². The molecule has 0 bridgehead atoms. The van der Waals surface area contributed by atoms with Crippen LogP contribution in [-0.2, 0) is 17.3 Å². The Labute approximate surface area is 154 Å². The molecule has 1 atom stereocenters. The maximum absolute atomic E-state index is 12.1. The summed E-state index contributed by atoms with van der Waals surface area (Å²) in [6, 6.07) is 8.10. The molecule has 0 aromatic heterocycles. The highest BCUT2D eigenvalue weighted by molar-refractivity contribution is 7.86. The second-order valence-electron chi connectivity index (χ2n) is 7.38. The van der Waals surface area contributed by atoms with Crippen molar-refractivity contribution in [2.24, 2.45) is 10.9 Å². The summed E-state index contributed by atoms with van der Waals surface area (Å²) < 4.78 is 17.8. The molecule has 0 aliphatic heterocycles. The summed E-state index contributed by atoms with van der Waals surface area (Å²) in [7, 11) is 0.876. The zero-order valence-electron chi connectivity index (χ0n) is 15.8. The molecule has 25 heavy (non-hydrogen) atoms. The average Bonchev–Trinajstić information content (AvgIpc) is 3.40. The molecular formula is C19H31N3O2S. The van der Waals surface area contributed by atoms with E-state index in [0.29, 0.717) is 24.8 Å². The lowest BCUT2D eigenvalue weighted by Crippen LogP contribution is -2.40. The number of guanidine groups is 1. The van der Waals surface area contributed by atoms with Crippen molar-refractivity contribution in [3.05, 3.63) is 29.8 Å². The van der Waals surface area contributed by atoms with Gasteiger partial charge < -0.3 is 15.4 Å². The molecule has 0 radical (unpaired) electrons. The lowest BCUT2D eigenvalue weighted by Gasteiger charge is -2.19. The maximum atomic E-state index is 12.1. The Morgan fingerprint density at radius 1 is 1.28 bits per heavy atom. The number of aliphatic imine (C=N–C) groups is 1. The number of benzene rings is 1. The minimum absolute atomic E-state index is 0.184. The number of nitrogens with zero attached hydrogens (tertiary/aromatic N) is 1. The largest absolute Gasteiger partial charge is 0.493 e. The van der Waals surface area contributed by atoms with Crippen LogP contribution in [0.3, 0.4) is 0 Å². The highest BCUT2D eigenvalue weighted by Gasteiger charge is 2.22. The molecule has 1 aromatic rings. The molecule has 1 aromatic carbocycles. The second-order valence-corrected chi connectivity index (χ2v) is 9.70. The number of hydrogen-bond donors (Lipinski definition) is 2. The van der Waals surface area contributed by atoms with Gasteiger partial charge in [-0.05, 0) is 45.6 Å². The van der Waals surface area contributed by atoms with Crippen molar-refractivity contribution in [1.29, 1.82) is 0 Å². The Kier molecular flexibility index (Phi) is 7.29. The van der Waals surface area contributed by atoms with Crippen molar-refractivity contribution in [3.8, 4) is 5.75 Å². The third-order valence-electron chi connectivity index (χ3n) is 4.08. The summed E-state index contributed by atoms with van der Waals surface area (Å²) in [4.78, 5) is 4.23. The number of nitrogens with one attached hydrogen (secondary N) is 2. The van der Waals surface area contributed by atoms with Gasteiger partial charge in [0.05, 0.1) is 6.61 Å². The summed E-state index contributed by atoms with van der Waals surface area (Å²) in [6.45, 7) is 8.06. The zero-order valence-corrected chi connectivity index (χ0v) is 16.6. The van der Waals surface area contributed by atoms with Crippen LogP contribution in [0.25, 0.3) is 0 Å². The van der Waals surface area contributed by atoms with Crippen LogP contribution in [0.5, 0.6) is 5.75 Å². The molecule has 5 nitrogen and oxygen atoms in total. The van der Waals surface area contributed by atoms with Crippen molar-refractivity contribution >= 4 is 16.8 Å². The Morgan fingerprint density at radius 3 is 2.64 bits per heavy atom. The van der Waals surface area contributed by atoms with Crippen molar-refractivity contribution in [3.63, 3.8) is 0 Å². The van der Waals surface area contributed by atoms with Gasteiger partial charge in [0.25, 0.3) is 0 Å². The van der Waals surface area contributed by atoms with E-state index in [-0.39, 0.29) is 4.75 Å².